The Hall–Kier alpha value is -1.65. The Bertz CT molecular complexity index is 310. The van der Waals surface area contributed by atoms with Gasteiger partial charge in [-0.05, 0) is 24.3 Å². The first-order valence-corrected chi connectivity index (χ1v) is 3.77. The molecule has 0 aliphatic heterocycles. The molecular formula is C9H8F2O3. The van der Waals surface area contributed by atoms with Crippen molar-refractivity contribution in [3.63, 3.8) is 0 Å². The van der Waals surface area contributed by atoms with Gasteiger partial charge in [-0.1, -0.05) is 0 Å². The van der Waals surface area contributed by atoms with Gasteiger partial charge in [0.2, 0.25) is 0 Å². The molecule has 3 nitrogen and oxygen atoms in total. The van der Waals surface area contributed by atoms with Crippen molar-refractivity contribution >= 4 is 5.97 Å². The maximum Gasteiger partial charge on any atom is 0.380 e. The lowest BCUT2D eigenvalue weighted by molar-refractivity contribution is -0.157. The van der Waals surface area contributed by atoms with Crippen molar-refractivity contribution in [2.24, 2.45) is 0 Å². The zero-order valence-electron chi connectivity index (χ0n) is 7.37. The topological polar surface area (TPSA) is 35.5 Å². The number of hydrogen-bond donors (Lipinski definition) is 0. The summed E-state index contributed by atoms with van der Waals surface area (Å²) in [6, 6.07) is 4.62. The van der Waals surface area contributed by atoms with Gasteiger partial charge >= 0.3 is 12.3 Å². The molecule has 5 heteroatoms. The normalized spacial score (nSPS) is 11.9. The predicted octanol–water partition coefficient (Wildman–Crippen LogP) is 1.67. The SMILES string of the molecule is COC(=O)C(F)Oc1ccc(F)cc1. The number of methoxy groups -OCH3 is 1. The van der Waals surface area contributed by atoms with Gasteiger partial charge in [0.1, 0.15) is 11.6 Å². The molecule has 1 unspecified atom stereocenters. The molecule has 1 rings (SSSR count). The molecule has 0 saturated carbocycles. The lowest BCUT2D eigenvalue weighted by Gasteiger charge is -2.08. The number of ether oxygens (including phenoxy) is 2. The summed E-state index contributed by atoms with van der Waals surface area (Å²) in [5.41, 5.74) is 0. The van der Waals surface area contributed by atoms with Gasteiger partial charge in [0, 0.05) is 0 Å². The van der Waals surface area contributed by atoms with Crippen LogP contribution in [0, 0.1) is 5.82 Å². The quantitative estimate of drug-likeness (QED) is 0.699. The van der Waals surface area contributed by atoms with Gasteiger partial charge in [-0.2, -0.15) is 4.39 Å². The number of alkyl halides is 1. The molecule has 14 heavy (non-hydrogen) atoms. The number of rotatable bonds is 3. The van der Waals surface area contributed by atoms with E-state index in [2.05, 4.69) is 9.47 Å². The minimum Gasteiger partial charge on any atom is -0.464 e. The van der Waals surface area contributed by atoms with E-state index in [0.717, 1.165) is 19.2 Å². The van der Waals surface area contributed by atoms with E-state index in [0.29, 0.717) is 0 Å². The molecule has 0 saturated heterocycles. The van der Waals surface area contributed by atoms with Crippen molar-refractivity contribution in [1.82, 2.24) is 0 Å². The van der Waals surface area contributed by atoms with Crippen LogP contribution in [0.1, 0.15) is 0 Å². The highest BCUT2D eigenvalue weighted by Gasteiger charge is 2.19. The third-order valence-corrected chi connectivity index (χ3v) is 1.44. The fourth-order valence-corrected chi connectivity index (χ4v) is 0.773. The second-order valence-electron chi connectivity index (χ2n) is 2.41. The predicted molar refractivity (Wildman–Crippen MR) is 43.9 cm³/mol. The van der Waals surface area contributed by atoms with Crippen LogP contribution in [0.5, 0.6) is 5.75 Å². The van der Waals surface area contributed by atoms with Crippen LogP contribution in [-0.2, 0) is 9.53 Å². The standard InChI is InChI=1S/C9H8F2O3/c1-13-9(12)8(11)14-7-4-2-6(10)3-5-7/h2-5,8H,1H3. The Morgan fingerprint density at radius 1 is 1.36 bits per heavy atom. The number of esters is 1. The number of carbonyl (C=O) groups excluding carboxylic acids is 1. The van der Waals surface area contributed by atoms with E-state index in [1.54, 1.807) is 0 Å². The van der Waals surface area contributed by atoms with Crippen molar-refractivity contribution in [3.05, 3.63) is 30.1 Å². The Kier molecular flexibility index (Phi) is 3.39. The minimum absolute atomic E-state index is 0.0595. The van der Waals surface area contributed by atoms with Crippen LogP contribution in [0.25, 0.3) is 0 Å². The van der Waals surface area contributed by atoms with E-state index in [9.17, 15) is 13.6 Å². The zero-order chi connectivity index (χ0) is 10.6. The molecule has 0 aliphatic carbocycles. The number of halogens is 2. The number of hydrogen-bond acceptors (Lipinski definition) is 3. The monoisotopic (exact) mass is 202 g/mol. The van der Waals surface area contributed by atoms with Crippen LogP contribution in [0.15, 0.2) is 24.3 Å². The summed E-state index contributed by atoms with van der Waals surface area (Å²) in [4.78, 5) is 10.6. The highest BCUT2D eigenvalue weighted by atomic mass is 19.1. The smallest absolute Gasteiger partial charge is 0.380 e. The fourth-order valence-electron chi connectivity index (χ4n) is 0.773. The van der Waals surface area contributed by atoms with E-state index < -0.39 is 18.1 Å². The average molecular weight is 202 g/mol. The summed E-state index contributed by atoms with van der Waals surface area (Å²) in [5, 5.41) is 0. The van der Waals surface area contributed by atoms with Gasteiger partial charge in [0.15, 0.2) is 0 Å². The third kappa shape index (κ3) is 2.69. The molecule has 1 aromatic rings. The minimum atomic E-state index is -2.19. The number of benzene rings is 1. The molecule has 0 aromatic heterocycles. The van der Waals surface area contributed by atoms with Crippen molar-refractivity contribution < 1.29 is 23.0 Å². The van der Waals surface area contributed by atoms with Gasteiger partial charge in [-0.25, -0.2) is 9.18 Å². The molecule has 0 fully saturated rings. The van der Waals surface area contributed by atoms with Gasteiger partial charge in [-0.3, -0.25) is 0 Å². The molecule has 0 N–H and O–H groups in total. The van der Waals surface area contributed by atoms with Crippen LogP contribution < -0.4 is 4.74 Å². The van der Waals surface area contributed by atoms with Crippen molar-refractivity contribution in [2.45, 2.75) is 6.36 Å². The third-order valence-electron chi connectivity index (χ3n) is 1.44. The first-order valence-electron chi connectivity index (χ1n) is 3.77. The van der Waals surface area contributed by atoms with Gasteiger partial charge in [-0.15, -0.1) is 0 Å². The van der Waals surface area contributed by atoms with E-state index in [1.807, 2.05) is 0 Å². The van der Waals surface area contributed by atoms with Gasteiger partial charge in [0.25, 0.3) is 0 Å². The largest absolute Gasteiger partial charge is 0.464 e. The second kappa shape index (κ2) is 4.55. The van der Waals surface area contributed by atoms with Gasteiger partial charge < -0.3 is 9.47 Å². The lowest BCUT2D eigenvalue weighted by Crippen LogP contribution is -2.23. The van der Waals surface area contributed by atoms with Crippen LogP contribution in [0.3, 0.4) is 0 Å². The molecule has 0 spiro atoms. The van der Waals surface area contributed by atoms with Crippen LogP contribution in [0.4, 0.5) is 8.78 Å². The summed E-state index contributed by atoms with van der Waals surface area (Å²) >= 11 is 0. The zero-order valence-corrected chi connectivity index (χ0v) is 7.37. The average Bonchev–Trinajstić information content (AvgIpc) is 2.20. The van der Waals surface area contributed by atoms with E-state index in [-0.39, 0.29) is 5.75 Å². The molecule has 0 bridgehead atoms. The Labute approximate surface area is 79.2 Å². The second-order valence-corrected chi connectivity index (χ2v) is 2.41. The fraction of sp³-hybridized carbons (Fsp3) is 0.222. The molecule has 0 amide bonds. The molecular weight excluding hydrogens is 194 g/mol. The first kappa shape index (κ1) is 10.4. The molecule has 1 aromatic carbocycles. The lowest BCUT2D eigenvalue weighted by atomic mass is 10.3. The summed E-state index contributed by atoms with van der Waals surface area (Å²) in [5.74, 6) is -1.54. The van der Waals surface area contributed by atoms with Crippen LogP contribution >= 0.6 is 0 Å². The summed E-state index contributed by atoms with van der Waals surface area (Å²) in [6.07, 6.45) is -2.19. The maximum atomic E-state index is 12.8. The van der Waals surface area contributed by atoms with Gasteiger partial charge in [0.05, 0.1) is 7.11 Å². The summed E-state index contributed by atoms with van der Waals surface area (Å²) < 4.78 is 33.8. The van der Waals surface area contributed by atoms with Crippen molar-refractivity contribution in [3.8, 4) is 5.75 Å². The number of carbonyl (C=O) groups is 1. The van der Waals surface area contributed by atoms with E-state index in [1.165, 1.54) is 12.1 Å². The van der Waals surface area contributed by atoms with E-state index >= 15 is 0 Å². The Morgan fingerprint density at radius 3 is 2.43 bits per heavy atom. The van der Waals surface area contributed by atoms with Crippen LogP contribution in [-0.4, -0.2) is 19.4 Å². The molecule has 0 radical (unpaired) electrons. The summed E-state index contributed by atoms with van der Waals surface area (Å²) in [7, 11) is 1.04. The highest BCUT2D eigenvalue weighted by Crippen LogP contribution is 2.13. The maximum absolute atomic E-state index is 12.8. The highest BCUT2D eigenvalue weighted by molar-refractivity contribution is 5.73. The molecule has 0 heterocycles. The molecule has 0 aliphatic rings. The molecule has 76 valence electrons. The van der Waals surface area contributed by atoms with Crippen molar-refractivity contribution in [1.29, 1.82) is 0 Å². The Morgan fingerprint density at radius 2 is 1.93 bits per heavy atom. The first-order chi connectivity index (χ1) is 6.63. The Balaban J connectivity index is 2.60. The van der Waals surface area contributed by atoms with Crippen LogP contribution in [0.2, 0.25) is 0 Å². The van der Waals surface area contributed by atoms with Crippen molar-refractivity contribution in [2.75, 3.05) is 7.11 Å². The summed E-state index contributed by atoms with van der Waals surface area (Å²) in [6.45, 7) is 0. The van der Waals surface area contributed by atoms with E-state index in [4.69, 9.17) is 0 Å². The molecule has 1 atom stereocenters.